The number of carboxylic acid groups (broad SMARTS) is 1. The van der Waals surface area contributed by atoms with E-state index >= 15 is 0 Å². The molecule has 1 N–H and O–H groups in total. The molecule has 0 fully saturated rings. The van der Waals surface area contributed by atoms with Gasteiger partial charge < -0.3 is 10.0 Å². The summed E-state index contributed by atoms with van der Waals surface area (Å²) in [6.45, 7) is 8.43. The van der Waals surface area contributed by atoms with Crippen molar-refractivity contribution < 1.29 is 14.7 Å². The molecule has 208 valence electrons. The lowest BCUT2D eigenvalue weighted by Gasteiger charge is -2.39. The summed E-state index contributed by atoms with van der Waals surface area (Å²) in [7, 11) is 0. The van der Waals surface area contributed by atoms with Crippen LogP contribution in [-0.4, -0.2) is 39.0 Å². The average Bonchev–Trinajstić information content (AvgIpc) is 2.90. The van der Waals surface area contributed by atoms with Crippen molar-refractivity contribution in [2.24, 2.45) is 0 Å². The number of halogens is 2. The summed E-state index contributed by atoms with van der Waals surface area (Å²) in [6.07, 6.45) is 1.14. The van der Waals surface area contributed by atoms with Gasteiger partial charge in [0.2, 0.25) is 0 Å². The van der Waals surface area contributed by atoms with E-state index < -0.39 is 11.5 Å². The second-order valence-electron chi connectivity index (χ2n) is 11.1. The molecular formula is C33H34BrClN2O3. The van der Waals surface area contributed by atoms with E-state index in [1.165, 1.54) is 0 Å². The van der Waals surface area contributed by atoms with E-state index in [4.69, 9.17) is 16.6 Å². The number of aliphatic carboxylic acids is 1. The smallest absolute Gasteiger partial charge is 0.303 e. The van der Waals surface area contributed by atoms with E-state index in [0.29, 0.717) is 30.0 Å². The molecule has 0 radical (unpaired) electrons. The third-order valence-corrected chi connectivity index (χ3v) is 8.04. The lowest BCUT2D eigenvalue weighted by Crippen LogP contribution is -2.48. The van der Waals surface area contributed by atoms with Crippen LogP contribution in [0.4, 0.5) is 0 Å². The lowest BCUT2D eigenvalue weighted by atomic mass is 9.89. The number of rotatable bonds is 9. The topological polar surface area (TPSA) is 70.5 Å². The van der Waals surface area contributed by atoms with Gasteiger partial charge in [-0.15, -0.1) is 0 Å². The Kier molecular flexibility index (Phi) is 9.32. The monoisotopic (exact) mass is 620 g/mol. The maximum Gasteiger partial charge on any atom is 0.303 e. The maximum absolute atomic E-state index is 14.7. The van der Waals surface area contributed by atoms with E-state index in [2.05, 4.69) is 15.9 Å². The van der Waals surface area contributed by atoms with Gasteiger partial charge in [0.25, 0.3) is 5.91 Å². The van der Waals surface area contributed by atoms with E-state index in [1.54, 1.807) is 0 Å². The number of carbonyl (C=O) groups is 2. The van der Waals surface area contributed by atoms with Crippen molar-refractivity contribution in [2.75, 3.05) is 6.54 Å². The van der Waals surface area contributed by atoms with Crippen LogP contribution in [0.3, 0.4) is 0 Å². The number of pyridine rings is 1. The Balaban J connectivity index is 1.85. The first-order valence-corrected chi connectivity index (χ1v) is 14.6. The zero-order chi connectivity index (χ0) is 29.0. The van der Waals surface area contributed by atoms with Crippen LogP contribution < -0.4 is 0 Å². The van der Waals surface area contributed by atoms with Gasteiger partial charge in [0.15, 0.2) is 0 Å². The predicted octanol–water partition coefficient (Wildman–Crippen LogP) is 8.91. The van der Waals surface area contributed by atoms with E-state index in [1.807, 2.05) is 105 Å². The van der Waals surface area contributed by atoms with E-state index in [0.717, 1.165) is 37.8 Å². The fourth-order valence-corrected chi connectivity index (χ4v) is 5.80. The van der Waals surface area contributed by atoms with Gasteiger partial charge in [0, 0.05) is 44.9 Å². The summed E-state index contributed by atoms with van der Waals surface area (Å²) in [4.78, 5) is 32.9. The Morgan fingerprint density at radius 1 is 1.02 bits per heavy atom. The Morgan fingerprint density at radius 3 is 2.35 bits per heavy atom. The molecule has 0 spiro atoms. The molecule has 7 heteroatoms. The first-order chi connectivity index (χ1) is 19.0. The molecule has 0 aliphatic heterocycles. The molecule has 1 heterocycles. The molecule has 0 saturated heterocycles. The van der Waals surface area contributed by atoms with Gasteiger partial charge in [0.1, 0.15) is 0 Å². The molecule has 1 unspecified atom stereocenters. The number of amides is 1. The van der Waals surface area contributed by atoms with Crippen molar-refractivity contribution in [3.05, 3.63) is 99.0 Å². The first kappa shape index (κ1) is 29.8. The highest BCUT2D eigenvalue weighted by Crippen LogP contribution is 2.36. The normalized spacial score (nSPS) is 12.3. The number of aromatic nitrogens is 1. The minimum absolute atomic E-state index is 0.0625. The summed E-state index contributed by atoms with van der Waals surface area (Å²) < 4.78 is 0.868. The summed E-state index contributed by atoms with van der Waals surface area (Å²) in [5.74, 6) is -1.06. The third kappa shape index (κ3) is 6.73. The highest BCUT2D eigenvalue weighted by Gasteiger charge is 2.33. The minimum Gasteiger partial charge on any atom is -0.481 e. The van der Waals surface area contributed by atoms with Gasteiger partial charge in [-0.05, 0) is 75.9 Å². The number of hydrogen-bond donors (Lipinski definition) is 1. The maximum atomic E-state index is 14.7. The van der Waals surface area contributed by atoms with Crippen LogP contribution >= 0.6 is 27.5 Å². The number of carboxylic acids is 1. The molecule has 1 atom stereocenters. The molecule has 4 aromatic rings. The SMILES string of the molecule is Cc1c(-c2ccccc2)nc2ccc(Br)cc2c1C(=O)N(CC(CCCC(=O)O)c1ccccc1Cl)C(C)(C)C. The third-order valence-electron chi connectivity index (χ3n) is 7.20. The van der Waals surface area contributed by atoms with Gasteiger partial charge >= 0.3 is 5.97 Å². The Hall–Kier alpha value is -3.22. The van der Waals surface area contributed by atoms with Crippen LogP contribution in [-0.2, 0) is 4.79 Å². The number of benzene rings is 3. The van der Waals surface area contributed by atoms with Crippen LogP contribution in [0.25, 0.3) is 22.2 Å². The molecule has 5 nitrogen and oxygen atoms in total. The zero-order valence-electron chi connectivity index (χ0n) is 23.2. The molecule has 3 aromatic carbocycles. The van der Waals surface area contributed by atoms with Crippen molar-refractivity contribution in [3.63, 3.8) is 0 Å². The molecule has 1 amide bonds. The highest BCUT2D eigenvalue weighted by atomic mass is 79.9. The van der Waals surface area contributed by atoms with Crippen LogP contribution in [0.2, 0.25) is 5.02 Å². The Labute approximate surface area is 249 Å². The van der Waals surface area contributed by atoms with E-state index in [-0.39, 0.29) is 18.2 Å². The highest BCUT2D eigenvalue weighted by molar-refractivity contribution is 9.10. The Morgan fingerprint density at radius 2 is 1.70 bits per heavy atom. The van der Waals surface area contributed by atoms with Crippen LogP contribution in [0.5, 0.6) is 0 Å². The largest absolute Gasteiger partial charge is 0.481 e. The molecule has 0 saturated carbocycles. The zero-order valence-corrected chi connectivity index (χ0v) is 25.6. The van der Waals surface area contributed by atoms with Crippen LogP contribution in [0.1, 0.15) is 67.4 Å². The second kappa shape index (κ2) is 12.5. The summed E-state index contributed by atoms with van der Waals surface area (Å²) >= 11 is 10.2. The fourth-order valence-electron chi connectivity index (χ4n) is 5.15. The van der Waals surface area contributed by atoms with Gasteiger partial charge in [0.05, 0.1) is 16.8 Å². The number of fused-ring (bicyclic) bond motifs is 1. The van der Waals surface area contributed by atoms with Crippen LogP contribution in [0, 0.1) is 6.92 Å². The number of nitrogens with zero attached hydrogens (tertiary/aromatic N) is 2. The van der Waals surface area contributed by atoms with Gasteiger partial charge in [-0.3, -0.25) is 9.59 Å². The molecule has 0 bridgehead atoms. The molecular weight excluding hydrogens is 588 g/mol. The summed E-state index contributed by atoms with van der Waals surface area (Å²) in [5.41, 5.74) is 4.29. The molecule has 4 rings (SSSR count). The summed E-state index contributed by atoms with van der Waals surface area (Å²) in [5, 5.41) is 10.7. The number of hydrogen-bond acceptors (Lipinski definition) is 3. The van der Waals surface area contributed by atoms with Crippen molar-refractivity contribution in [1.29, 1.82) is 0 Å². The second-order valence-corrected chi connectivity index (χ2v) is 12.4. The van der Waals surface area contributed by atoms with Crippen molar-refractivity contribution in [3.8, 4) is 11.3 Å². The molecule has 0 aliphatic rings. The van der Waals surface area contributed by atoms with Crippen LogP contribution in [0.15, 0.2) is 77.3 Å². The van der Waals surface area contributed by atoms with Crippen molar-refractivity contribution >= 4 is 50.3 Å². The average molecular weight is 622 g/mol. The molecule has 0 aliphatic carbocycles. The Bertz CT molecular complexity index is 1530. The van der Waals surface area contributed by atoms with E-state index in [9.17, 15) is 14.7 Å². The number of carbonyl (C=O) groups excluding carboxylic acids is 1. The minimum atomic E-state index is -0.834. The van der Waals surface area contributed by atoms with Gasteiger partial charge in [-0.25, -0.2) is 4.98 Å². The lowest BCUT2D eigenvalue weighted by molar-refractivity contribution is -0.137. The van der Waals surface area contributed by atoms with Gasteiger partial charge in [-0.2, -0.15) is 0 Å². The standard InChI is InChI=1S/C33H34BrClN2O3/c1-21-30(26-19-24(34)17-18-28(26)36-31(21)22-11-6-5-7-12-22)32(40)37(33(2,3)4)20-23(13-10-16-29(38)39)25-14-8-9-15-27(25)35/h5-9,11-12,14-15,17-19,23H,10,13,16,20H2,1-4H3,(H,38,39). The quantitative estimate of drug-likeness (QED) is 0.203. The summed E-state index contributed by atoms with van der Waals surface area (Å²) in [6, 6.07) is 23.4. The van der Waals surface area contributed by atoms with Crippen molar-refractivity contribution in [1.82, 2.24) is 9.88 Å². The predicted molar refractivity (Wildman–Crippen MR) is 166 cm³/mol. The van der Waals surface area contributed by atoms with Gasteiger partial charge in [-0.1, -0.05) is 76.1 Å². The molecule has 1 aromatic heterocycles. The first-order valence-electron chi connectivity index (χ1n) is 13.4. The molecule has 40 heavy (non-hydrogen) atoms. The van der Waals surface area contributed by atoms with Crippen molar-refractivity contribution in [2.45, 2.75) is 58.4 Å². The fraction of sp³-hybridized carbons (Fsp3) is 0.303.